The fraction of sp³-hybridized carbons (Fsp3) is 0.389. The van der Waals surface area contributed by atoms with Crippen molar-refractivity contribution in [2.24, 2.45) is 5.92 Å². The standard InChI is InChI=1S/C18H19BClN5O3/c1-10-4-13(5-12-8-28-19(26)16(10)12)23-18-22-7-14(20)17(25-18)24-15-9-27-3-2-11(15)6-21/h4-5,7,11,15,26H,2-3,8-9H2,1H3,(H2,22,23,24,25)/t11-,15?/m0/s1. The van der Waals surface area contributed by atoms with Crippen LogP contribution in [0.5, 0.6) is 0 Å². The van der Waals surface area contributed by atoms with Crippen molar-refractivity contribution in [1.29, 1.82) is 5.26 Å². The van der Waals surface area contributed by atoms with Crippen LogP contribution >= 0.6 is 11.6 Å². The quantitative estimate of drug-likeness (QED) is 0.667. The number of nitrogens with zero attached hydrogens (tertiary/aromatic N) is 3. The minimum absolute atomic E-state index is 0.165. The molecule has 3 N–H and O–H groups in total. The van der Waals surface area contributed by atoms with E-state index in [0.29, 0.717) is 43.0 Å². The van der Waals surface area contributed by atoms with E-state index in [1.807, 2.05) is 19.1 Å². The third kappa shape index (κ3) is 3.77. The summed E-state index contributed by atoms with van der Waals surface area (Å²) >= 11 is 6.24. The van der Waals surface area contributed by atoms with Gasteiger partial charge in [0.2, 0.25) is 5.95 Å². The maximum absolute atomic E-state index is 9.88. The van der Waals surface area contributed by atoms with Gasteiger partial charge in [0.1, 0.15) is 5.02 Å². The van der Waals surface area contributed by atoms with Gasteiger partial charge in [-0.3, -0.25) is 0 Å². The summed E-state index contributed by atoms with van der Waals surface area (Å²) in [4.78, 5) is 8.69. The van der Waals surface area contributed by atoms with E-state index in [9.17, 15) is 10.3 Å². The molecule has 8 nitrogen and oxygen atoms in total. The Labute approximate surface area is 168 Å². The summed E-state index contributed by atoms with van der Waals surface area (Å²) in [5, 5.41) is 26.0. The summed E-state index contributed by atoms with van der Waals surface area (Å²) in [6.45, 7) is 3.28. The highest BCUT2D eigenvalue weighted by atomic mass is 35.5. The first-order valence-electron chi connectivity index (χ1n) is 9.01. The molecule has 0 amide bonds. The molecule has 10 heteroatoms. The van der Waals surface area contributed by atoms with Crippen LogP contribution < -0.4 is 16.1 Å². The lowest BCUT2D eigenvalue weighted by atomic mass is 9.76. The Bertz CT molecular complexity index is 938. The molecule has 0 bridgehead atoms. The Morgan fingerprint density at radius 1 is 1.43 bits per heavy atom. The van der Waals surface area contributed by atoms with Crippen molar-refractivity contribution < 1.29 is 14.4 Å². The molecule has 3 heterocycles. The second-order valence-electron chi connectivity index (χ2n) is 6.89. The number of nitrogens with one attached hydrogen (secondary N) is 2. The van der Waals surface area contributed by atoms with Gasteiger partial charge in [-0.25, -0.2) is 4.98 Å². The molecule has 0 spiro atoms. The molecule has 0 saturated carbocycles. The number of fused-ring (bicyclic) bond motifs is 1. The Morgan fingerprint density at radius 3 is 3.11 bits per heavy atom. The van der Waals surface area contributed by atoms with Crippen LogP contribution in [0.25, 0.3) is 0 Å². The zero-order valence-corrected chi connectivity index (χ0v) is 16.0. The normalized spacial score (nSPS) is 21.1. The Kier molecular flexibility index (Phi) is 5.37. The van der Waals surface area contributed by atoms with E-state index in [1.165, 1.54) is 6.20 Å². The van der Waals surface area contributed by atoms with Gasteiger partial charge in [0.05, 0.1) is 37.4 Å². The van der Waals surface area contributed by atoms with E-state index < -0.39 is 7.12 Å². The highest BCUT2D eigenvalue weighted by Crippen LogP contribution is 2.26. The van der Waals surface area contributed by atoms with Crippen molar-refractivity contribution in [3.8, 4) is 6.07 Å². The molecule has 0 radical (unpaired) electrons. The van der Waals surface area contributed by atoms with Gasteiger partial charge < -0.3 is 25.0 Å². The molecule has 2 aliphatic heterocycles. The van der Waals surface area contributed by atoms with Crippen LogP contribution in [0, 0.1) is 24.2 Å². The number of aromatic nitrogens is 2. The van der Waals surface area contributed by atoms with Crippen LogP contribution in [0.2, 0.25) is 5.02 Å². The second kappa shape index (κ2) is 7.93. The number of aryl methyl sites for hydroxylation is 1. The van der Waals surface area contributed by atoms with Gasteiger partial charge in [-0.2, -0.15) is 10.2 Å². The largest absolute Gasteiger partial charge is 0.492 e. The predicted molar refractivity (Wildman–Crippen MR) is 106 cm³/mol. The van der Waals surface area contributed by atoms with E-state index in [-0.39, 0.29) is 12.0 Å². The highest BCUT2D eigenvalue weighted by molar-refractivity contribution is 6.62. The molecule has 1 aromatic carbocycles. The van der Waals surface area contributed by atoms with E-state index in [4.69, 9.17) is 21.0 Å². The number of anilines is 3. The number of halogens is 1. The van der Waals surface area contributed by atoms with Gasteiger partial charge in [0, 0.05) is 12.3 Å². The maximum atomic E-state index is 9.88. The summed E-state index contributed by atoms with van der Waals surface area (Å²) < 4.78 is 10.7. The monoisotopic (exact) mass is 399 g/mol. The average Bonchev–Trinajstić information content (AvgIpc) is 3.06. The smallest absolute Gasteiger partial charge is 0.423 e. The zero-order valence-electron chi connectivity index (χ0n) is 15.3. The summed E-state index contributed by atoms with van der Waals surface area (Å²) in [5.74, 6) is 0.657. The van der Waals surface area contributed by atoms with E-state index in [2.05, 4.69) is 26.7 Å². The fourth-order valence-electron chi connectivity index (χ4n) is 3.54. The number of hydrogen-bond acceptors (Lipinski definition) is 8. The lowest BCUT2D eigenvalue weighted by Gasteiger charge is -2.28. The van der Waals surface area contributed by atoms with E-state index in [0.717, 1.165) is 22.3 Å². The first-order chi connectivity index (χ1) is 13.5. The summed E-state index contributed by atoms with van der Waals surface area (Å²) in [5.41, 5.74) is 3.45. The zero-order chi connectivity index (χ0) is 19.7. The predicted octanol–water partition coefficient (Wildman–Crippen LogP) is 1.74. The average molecular weight is 400 g/mol. The third-order valence-corrected chi connectivity index (χ3v) is 5.24. The van der Waals surface area contributed by atoms with Crippen LogP contribution in [0.4, 0.5) is 17.5 Å². The third-order valence-electron chi connectivity index (χ3n) is 4.96. The summed E-state index contributed by atoms with van der Waals surface area (Å²) in [6, 6.07) is 5.94. The molecule has 2 atom stereocenters. The molecular weight excluding hydrogens is 380 g/mol. The lowest BCUT2D eigenvalue weighted by Crippen LogP contribution is -2.38. The topological polar surface area (TPSA) is 112 Å². The minimum Gasteiger partial charge on any atom is -0.423 e. The maximum Gasteiger partial charge on any atom is 0.492 e. The van der Waals surface area contributed by atoms with Crippen molar-refractivity contribution in [3.63, 3.8) is 0 Å². The Balaban J connectivity index is 1.55. The first kappa shape index (κ1) is 19.0. The van der Waals surface area contributed by atoms with Crippen molar-refractivity contribution in [2.45, 2.75) is 26.0 Å². The number of benzene rings is 1. The number of ether oxygens (including phenoxy) is 1. The Morgan fingerprint density at radius 2 is 2.29 bits per heavy atom. The molecular formula is C18H19BClN5O3. The van der Waals surface area contributed by atoms with Crippen LogP contribution in [-0.2, 0) is 16.0 Å². The van der Waals surface area contributed by atoms with Gasteiger partial charge in [0.15, 0.2) is 5.82 Å². The molecule has 28 heavy (non-hydrogen) atoms. The molecule has 2 aromatic rings. The van der Waals surface area contributed by atoms with Gasteiger partial charge in [0.25, 0.3) is 0 Å². The van der Waals surface area contributed by atoms with Crippen LogP contribution in [0.1, 0.15) is 17.5 Å². The lowest BCUT2D eigenvalue weighted by molar-refractivity contribution is 0.0698. The van der Waals surface area contributed by atoms with Crippen molar-refractivity contribution in [2.75, 3.05) is 23.8 Å². The molecule has 144 valence electrons. The van der Waals surface area contributed by atoms with Crippen LogP contribution in [-0.4, -0.2) is 41.4 Å². The van der Waals surface area contributed by atoms with Crippen molar-refractivity contribution in [3.05, 3.63) is 34.5 Å². The molecule has 2 aliphatic rings. The number of nitriles is 1. The first-order valence-corrected chi connectivity index (χ1v) is 9.39. The summed E-state index contributed by atoms with van der Waals surface area (Å²) in [7, 11) is -0.877. The van der Waals surface area contributed by atoms with Crippen molar-refractivity contribution >= 4 is 41.6 Å². The van der Waals surface area contributed by atoms with Crippen molar-refractivity contribution in [1.82, 2.24) is 9.97 Å². The molecule has 4 rings (SSSR count). The Hall–Kier alpha value is -2.38. The molecule has 1 unspecified atom stereocenters. The van der Waals surface area contributed by atoms with Gasteiger partial charge in [-0.1, -0.05) is 11.6 Å². The van der Waals surface area contributed by atoms with Crippen LogP contribution in [0.15, 0.2) is 18.3 Å². The van der Waals surface area contributed by atoms with Gasteiger partial charge in [-0.15, -0.1) is 0 Å². The SMILES string of the molecule is Cc1cc(Nc2ncc(Cl)c(NC3COCC[C@H]3C#N)n2)cc2c1B(O)OC2. The van der Waals surface area contributed by atoms with Gasteiger partial charge >= 0.3 is 7.12 Å². The molecule has 1 aromatic heterocycles. The van der Waals surface area contributed by atoms with E-state index in [1.54, 1.807) is 0 Å². The molecule has 0 aliphatic carbocycles. The van der Waals surface area contributed by atoms with Gasteiger partial charge in [-0.05, 0) is 42.1 Å². The number of hydrogen-bond donors (Lipinski definition) is 3. The minimum atomic E-state index is -0.877. The molecule has 1 saturated heterocycles. The van der Waals surface area contributed by atoms with Crippen LogP contribution in [0.3, 0.4) is 0 Å². The molecule has 1 fully saturated rings. The summed E-state index contributed by atoms with van der Waals surface area (Å²) in [6.07, 6.45) is 2.18. The second-order valence-corrected chi connectivity index (χ2v) is 7.30. The highest BCUT2D eigenvalue weighted by Gasteiger charge is 2.30. The van der Waals surface area contributed by atoms with E-state index >= 15 is 0 Å². The fourth-order valence-corrected chi connectivity index (χ4v) is 3.68. The number of rotatable bonds is 4.